The first-order valence-corrected chi connectivity index (χ1v) is 9.96. The van der Waals surface area contributed by atoms with Crippen molar-refractivity contribution in [3.8, 4) is 17.2 Å². The zero-order chi connectivity index (χ0) is 20.9. The molecule has 1 saturated heterocycles. The number of nitro benzene ring substituents is 1. The molecule has 2 aromatic carbocycles. The molecule has 176 valence electrons. The molecule has 1 N–H and O–H groups in total. The Morgan fingerprint density at radius 1 is 1.03 bits per heavy atom. The zero-order valence-corrected chi connectivity index (χ0v) is 19.1. The number of nitrogens with zero attached hydrogens (tertiary/aromatic N) is 3. The molecule has 2 heterocycles. The van der Waals surface area contributed by atoms with E-state index in [2.05, 4.69) is 15.9 Å². The molecule has 0 aromatic heterocycles. The summed E-state index contributed by atoms with van der Waals surface area (Å²) in [6, 6.07) is 12.2. The van der Waals surface area contributed by atoms with Gasteiger partial charge in [-0.15, -0.1) is 24.8 Å². The fourth-order valence-corrected chi connectivity index (χ4v) is 3.69. The van der Waals surface area contributed by atoms with E-state index < -0.39 is 11.0 Å². The molecular weight excluding hydrogens is 461 g/mol. The fourth-order valence-electron chi connectivity index (χ4n) is 3.69. The van der Waals surface area contributed by atoms with Gasteiger partial charge in [0, 0.05) is 45.3 Å². The molecule has 32 heavy (non-hydrogen) atoms. The van der Waals surface area contributed by atoms with Crippen LogP contribution in [-0.4, -0.2) is 72.1 Å². The summed E-state index contributed by atoms with van der Waals surface area (Å²) < 4.78 is 16.3. The van der Waals surface area contributed by atoms with Crippen LogP contribution in [0.2, 0.25) is 0 Å². The van der Waals surface area contributed by atoms with Crippen LogP contribution in [0.15, 0.2) is 42.5 Å². The number of hydrogen-bond acceptors (Lipinski definition) is 8. The van der Waals surface area contributed by atoms with E-state index in [1.165, 1.54) is 11.6 Å². The number of hydrogen-bond donors (Lipinski definition) is 1. The average Bonchev–Trinajstić information content (AvgIpc) is 3.22. The summed E-state index contributed by atoms with van der Waals surface area (Å²) in [7, 11) is 0. The lowest BCUT2D eigenvalue weighted by molar-refractivity contribution is -0.385. The molecule has 0 bridgehead atoms. The molecule has 0 saturated carbocycles. The number of rotatable bonds is 8. The molecule has 0 aliphatic carbocycles. The first kappa shape index (κ1) is 26.0. The van der Waals surface area contributed by atoms with Gasteiger partial charge in [0.2, 0.25) is 6.79 Å². The number of β-amino-alcohol motifs (C(OH)–C–C–N with tert-alkyl or cyclic N) is 1. The van der Waals surface area contributed by atoms with Gasteiger partial charge in [-0.25, -0.2) is 0 Å². The molecule has 1 unspecified atom stereocenters. The van der Waals surface area contributed by atoms with E-state index in [9.17, 15) is 15.2 Å². The quantitative estimate of drug-likeness (QED) is 0.448. The van der Waals surface area contributed by atoms with Crippen molar-refractivity contribution < 1.29 is 24.2 Å². The molecule has 0 radical (unpaired) electrons. The second-order valence-electron chi connectivity index (χ2n) is 7.45. The van der Waals surface area contributed by atoms with Crippen LogP contribution >= 0.6 is 24.8 Å². The van der Waals surface area contributed by atoms with Crippen LogP contribution in [0.3, 0.4) is 0 Å². The normalized spacial score (nSPS) is 16.5. The maximum Gasteiger partial charge on any atom is 0.310 e. The van der Waals surface area contributed by atoms with Gasteiger partial charge < -0.3 is 19.3 Å². The number of halogens is 2. The predicted octanol–water partition coefficient (Wildman–Crippen LogP) is 2.72. The second kappa shape index (κ2) is 12.1. The van der Waals surface area contributed by atoms with Gasteiger partial charge in [0.15, 0.2) is 17.2 Å². The van der Waals surface area contributed by atoms with Crippen LogP contribution in [0.5, 0.6) is 17.2 Å². The number of benzene rings is 2. The molecule has 1 atom stereocenters. The van der Waals surface area contributed by atoms with Crippen LogP contribution in [-0.2, 0) is 6.54 Å². The van der Waals surface area contributed by atoms with Crippen molar-refractivity contribution in [3.05, 3.63) is 58.1 Å². The second-order valence-corrected chi connectivity index (χ2v) is 7.45. The minimum atomic E-state index is -0.717. The molecule has 2 aromatic rings. The summed E-state index contributed by atoms with van der Waals surface area (Å²) >= 11 is 0. The molecule has 4 rings (SSSR count). The van der Waals surface area contributed by atoms with E-state index in [1.807, 2.05) is 12.1 Å². The fraction of sp³-hybridized carbons (Fsp3) is 0.429. The maximum atomic E-state index is 11.0. The van der Waals surface area contributed by atoms with E-state index >= 15 is 0 Å². The van der Waals surface area contributed by atoms with Crippen molar-refractivity contribution in [1.29, 1.82) is 0 Å². The van der Waals surface area contributed by atoms with Crippen molar-refractivity contribution >= 4 is 30.5 Å². The van der Waals surface area contributed by atoms with Gasteiger partial charge in [0.25, 0.3) is 0 Å². The Kier molecular flexibility index (Phi) is 9.80. The van der Waals surface area contributed by atoms with Gasteiger partial charge in [0.05, 0.1) is 4.92 Å². The van der Waals surface area contributed by atoms with Gasteiger partial charge in [-0.3, -0.25) is 19.9 Å². The minimum Gasteiger partial charge on any atom is -0.484 e. The van der Waals surface area contributed by atoms with Crippen molar-refractivity contribution in [3.63, 3.8) is 0 Å². The maximum absolute atomic E-state index is 11.0. The first-order valence-electron chi connectivity index (χ1n) is 9.96. The lowest BCUT2D eigenvalue weighted by Gasteiger charge is -2.35. The molecule has 0 spiro atoms. The summed E-state index contributed by atoms with van der Waals surface area (Å²) in [6.07, 6.45) is -0.717. The van der Waals surface area contributed by atoms with E-state index in [0.29, 0.717) is 6.54 Å². The smallest absolute Gasteiger partial charge is 0.310 e. The predicted molar refractivity (Wildman–Crippen MR) is 123 cm³/mol. The monoisotopic (exact) mass is 487 g/mol. The summed E-state index contributed by atoms with van der Waals surface area (Å²) in [5, 5.41) is 21.3. The van der Waals surface area contributed by atoms with Crippen LogP contribution in [0, 0.1) is 10.1 Å². The topological polar surface area (TPSA) is 97.5 Å². The standard InChI is InChI=1S/C21H25N3O6.2ClH/c25-17(14-28-19-4-2-1-3-18(19)24(26)27)13-23-9-7-22(8-10-23)12-16-5-6-20-21(11-16)30-15-29-20;;/h1-6,11,17,25H,7-10,12-15H2;2*1H. The Bertz CT molecular complexity index is 896. The van der Waals surface area contributed by atoms with Gasteiger partial charge in [0.1, 0.15) is 12.7 Å². The van der Waals surface area contributed by atoms with Gasteiger partial charge in [-0.05, 0) is 23.8 Å². The highest BCUT2D eigenvalue weighted by Crippen LogP contribution is 2.33. The number of para-hydroxylation sites is 2. The van der Waals surface area contributed by atoms with Crippen LogP contribution in [0.25, 0.3) is 0 Å². The number of nitro groups is 1. The van der Waals surface area contributed by atoms with Crippen LogP contribution < -0.4 is 14.2 Å². The summed E-state index contributed by atoms with van der Waals surface area (Å²) in [6.45, 7) is 5.08. The average molecular weight is 488 g/mol. The molecule has 11 heteroatoms. The van der Waals surface area contributed by atoms with Crippen molar-refractivity contribution in [2.75, 3.05) is 46.1 Å². The molecule has 2 aliphatic rings. The third-order valence-corrected chi connectivity index (χ3v) is 5.27. The Hall–Kier alpha value is -2.30. The SMILES string of the molecule is Cl.Cl.O=[N+]([O-])c1ccccc1OCC(O)CN1CCN(Cc2ccc3c(c2)OCO3)CC1. The summed E-state index contributed by atoms with van der Waals surface area (Å²) in [4.78, 5) is 15.1. The van der Waals surface area contributed by atoms with Crippen molar-refractivity contribution in [2.45, 2.75) is 12.6 Å². The van der Waals surface area contributed by atoms with Gasteiger partial charge >= 0.3 is 5.69 Å². The van der Waals surface area contributed by atoms with E-state index in [-0.39, 0.29) is 49.7 Å². The third kappa shape index (κ3) is 6.60. The summed E-state index contributed by atoms with van der Waals surface area (Å²) in [5.74, 6) is 1.77. The molecule has 1 fully saturated rings. The van der Waals surface area contributed by atoms with Crippen LogP contribution in [0.4, 0.5) is 5.69 Å². The van der Waals surface area contributed by atoms with Crippen LogP contribution in [0.1, 0.15) is 5.56 Å². The largest absolute Gasteiger partial charge is 0.484 e. The number of fused-ring (bicyclic) bond motifs is 1. The zero-order valence-electron chi connectivity index (χ0n) is 17.4. The van der Waals surface area contributed by atoms with Gasteiger partial charge in [-0.1, -0.05) is 18.2 Å². The Labute approximate surface area is 198 Å². The lowest BCUT2D eigenvalue weighted by atomic mass is 10.1. The van der Waals surface area contributed by atoms with E-state index in [1.54, 1.807) is 18.2 Å². The Balaban J connectivity index is 0.00000181. The Morgan fingerprint density at radius 3 is 2.47 bits per heavy atom. The van der Waals surface area contributed by atoms with Crippen molar-refractivity contribution in [2.24, 2.45) is 0 Å². The molecular formula is C21H27Cl2N3O6. The number of ether oxygens (including phenoxy) is 3. The minimum absolute atomic E-state index is 0. The van der Waals surface area contributed by atoms with E-state index in [0.717, 1.165) is 44.2 Å². The molecule has 0 amide bonds. The van der Waals surface area contributed by atoms with E-state index in [4.69, 9.17) is 14.2 Å². The highest BCUT2D eigenvalue weighted by atomic mass is 35.5. The third-order valence-electron chi connectivity index (χ3n) is 5.27. The number of aliphatic hydroxyl groups is 1. The van der Waals surface area contributed by atoms with Gasteiger partial charge in [-0.2, -0.15) is 0 Å². The molecule has 2 aliphatic heterocycles. The van der Waals surface area contributed by atoms with Crippen molar-refractivity contribution in [1.82, 2.24) is 9.80 Å². The lowest BCUT2D eigenvalue weighted by Crippen LogP contribution is -2.48. The first-order chi connectivity index (χ1) is 14.6. The Morgan fingerprint density at radius 2 is 1.72 bits per heavy atom. The highest BCUT2D eigenvalue weighted by molar-refractivity contribution is 5.85. The highest BCUT2D eigenvalue weighted by Gasteiger charge is 2.22. The molecule has 9 nitrogen and oxygen atoms in total. The summed E-state index contributed by atoms with van der Waals surface area (Å²) in [5.41, 5.74) is 1.09. The number of piperazine rings is 1. The number of aliphatic hydroxyl groups excluding tert-OH is 1.